The number of halogens is 2. The van der Waals surface area contributed by atoms with Crippen molar-refractivity contribution in [2.45, 2.75) is 6.92 Å². The summed E-state index contributed by atoms with van der Waals surface area (Å²) in [6.07, 6.45) is 1.57. The lowest BCUT2D eigenvalue weighted by Crippen LogP contribution is -1.99. The molecule has 0 fully saturated rings. The summed E-state index contributed by atoms with van der Waals surface area (Å²) >= 11 is 12.0. The Bertz CT molecular complexity index is 1120. The monoisotopic (exact) mass is 370 g/mol. The van der Waals surface area contributed by atoms with E-state index in [1.807, 2.05) is 25.1 Å². The fraction of sp³-hybridized carbons (Fsp3) is 0.0588. The van der Waals surface area contributed by atoms with Crippen LogP contribution in [0.15, 0.2) is 41.5 Å². The van der Waals surface area contributed by atoms with Gasteiger partial charge in [-0.2, -0.15) is 10.1 Å². The van der Waals surface area contributed by atoms with E-state index in [4.69, 9.17) is 23.2 Å². The van der Waals surface area contributed by atoms with E-state index in [1.165, 1.54) is 0 Å². The van der Waals surface area contributed by atoms with Gasteiger partial charge in [0.2, 0.25) is 0 Å². The predicted molar refractivity (Wildman–Crippen MR) is 102 cm³/mol. The standard InChI is InChI=1S/C17H12Cl2N6/c1-9-3-2-4-12-14(9)21-16-15(12)23-25-17(22-16)24-20-8-10-5-6-11(18)7-13(10)19/h2-8H,1H3,(H2,21,22,24,25)/b20-8+. The normalized spacial score (nSPS) is 11.6. The van der Waals surface area contributed by atoms with Crippen molar-refractivity contribution < 1.29 is 0 Å². The van der Waals surface area contributed by atoms with Crippen LogP contribution in [0.3, 0.4) is 0 Å². The van der Waals surface area contributed by atoms with E-state index < -0.39 is 0 Å². The van der Waals surface area contributed by atoms with Crippen molar-refractivity contribution in [3.05, 3.63) is 57.6 Å². The van der Waals surface area contributed by atoms with Gasteiger partial charge in [-0.3, -0.25) is 0 Å². The molecule has 0 saturated heterocycles. The molecule has 0 amide bonds. The van der Waals surface area contributed by atoms with E-state index in [1.54, 1.807) is 24.4 Å². The summed E-state index contributed by atoms with van der Waals surface area (Å²) in [7, 11) is 0. The Labute approximate surface area is 152 Å². The zero-order valence-corrected chi connectivity index (χ0v) is 14.6. The van der Waals surface area contributed by atoms with E-state index >= 15 is 0 Å². The molecule has 0 atom stereocenters. The predicted octanol–water partition coefficient (Wildman–Crippen LogP) is 4.57. The van der Waals surface area contributed by atoms with Gasteiger partial charge >= 0.3 is 0 Å². The first-order chi connectivity index (χ1) is 12.1. The summed E-state index contributed by atoms with van der Waals surface area (Å²) in [5, 5.41) is 14.5. The van der Waals surface area contributed by atoms with Gasteiger partial charge in [-0.15, -0.1) is 10.2 Å². The first-order valence-corrected chi connectivity index (χ1v) is 8.23. The molecule has 0 aliphatic heterocycles. The Morgan fingerprint density at radius 1 is 1.16 bits per heavy atom. The van der Waals surface area contributed by atoms with E-state index in [-0.39, 0.29) is 5.95 Å². The molecular formula is C17H12Cl2N6. The van der Waals surface area contributed by atoms with E-state index in [0.29, 0.717) is 15.7 Å². The molecule has 0 spiro atoms. The molecule has 2 N–H and O–H groups in total. The van der Waals surface area contributed by atoms with Crippen LogP contribution in [0.4, 0.5) is 5.95 Å². The second-order valence-corrected chi connectivity index (χ2v) is 6.33. The number of hydrazone groups is 1. The van der Waals surface area contributed by atoms with Crippen molar-refractivity contribution >= 4 is 57.4 Å². The number of anilines is 1. The van der Waals surface area contributed by atoms with Gasteiger partial charge in [-0.25, -0.2) is 5.43 Å². The van der Waals surface area contributed by atoms with Crippen LogP contribution < -0.4 is 5.43 Å². The van der Waals surface area contributed by atoms with Crippen LogP contribution in [0.5, 0.6) is 0 Å². The number of fused-ring (bicyclic) bond motifs is 3. The Kier molecular flexibility index (Phi) is 3.99. The molecule has 2 aromatic carbocycles. The molecule has 8 heteroatoms. The SMILES string of the molecule is Cc1cccc2c1[nH]c1nc(N/N=C/c3ccc(Cl)cc3Cl)nnc12. The Balaban J connectivity index is 1.62. The number of H-pyrrole nitrogens is 1. The second kappa shape index (κ2) is 6.31. The molecule has 4 aromatic rings. The van der Waals surface area contributed by atoms with Crippen LogP contribution in [0.25, 0.3) is 22.1 Å². The summed E-state index contributed by atoms with van der Waals surface area (Å²) < 4.78 is 0. The highest BCUT2D eigenvalue weighted by Crippen LogP contribution is 2.24. The third-order valence-electron chi connectivity index (χ3n) is 3.79. The molecule has 0 aliphatic rings. The molecule has 6 nitrogen and oxygen atoms in total. The Morgan fingerprint density at radius 3 is 2.88 bits per heavy atom. The zero-order valence-electron chi connectivity index (χ0n) is 13.1. The van der Waals surface area contributed by atoms with Gasteiger partial charge in [0.1, 0.15) is 5.52 Å². The third kappa shape index (κ3) is 3.01. The number of benzene rings is 2. The van der Waals surface area contributed by atoms with Gasteiger partial charge in [0, 0.05) is 16.0 Å². The molecule has 2 aromatic heterocycles. The summed E-state index contributed by atoms with van der Waals surface area (Å²) in [6.45, 7) is 2.03. The first-order valence-electron chi connectivity index (χ1n) is 7.47. The van der Waals surface area contributed by atoms with Crippen LogP contribution in [-0.2, 0) is 0 Å². The summed E-state index contributed by atoms with van der Waals surface area (Å²) in [5.74, 6) is 0.290. The summed E-state index contributed by atoms with van der Waals surface area (Å²) in [4.78, 5) is 7.68. The fourth-order valence-corrected chi connectivity index (χ4v) is 3.01. The molecular weight excluding hydrogens is 359 g/mol. The lowest BCUT2D eigenvalue weighted by atomic mass is 10.1. The zero-order chi connectivity index (χ0) is 17.4. The third-order valence-corrected chi connectivity index (χ3v) is 4.35. The minimum atomic E-state index is 0.290. The number of hydrogen-bond donors (Lipinski definition) is 2. The number of aromatic nitrogens is 4. The molecule has 0 unspecified atom stereocenters. The van der Waals surface area contributed by atoms with Crippen molar-refractivity contribution in [1.29, 1.82) is 0 Å². The highest BCUT2D eigenvalue weighted by atomic mass is 35.5. The van der Waals surface area contributed by atoms with Crippen LogP contribution in [0.2, 0.25) is 10.0 Å². The lowest BCUT2D eigenvalue weighted by molar-refractivity contribution is 1.01. The minimum absolute atomic E-state index is 0.290. The smallest absolute Gasteiger partial charge is 0.265 e. The molecule has 0 radical (unpaired) electrons. The fourth-order valence-electron chi connectivity index (χ4n) is 2.56. The molecule has 25 heavy (non-hydrogen) atoms. The number of aryl methyl sites for hydroxylation is 1. The highest BCUT2D eigenvalue weighted by Gasteiger charge is 2.10. The van der Waals surface area contributed by atoms with E-state index in [0.717, 1.165) is 27.5 Å². The Hall–Kier alpha value is -2.70. The van der Waals surface area contributed by atoms with Gasteiger partial charge < -0.3 is 4.98 Å². The van der Waals surface area contributed by atoms with Crippen LogP contribution in [0, 0.1) is 6.92 Å². The molecule has 0 bridgehead atoms. The van der Waals surface area contributed by atoms with E-state index in [2.05, 4.69) is 30.7 Å². The highest BCUT2D eigenvalue weighted by molar-refractivity contribution is 6.36. The Morgan fingerprint density at radius 2 is 2.04 bits per heavy atom. The molecule has 4 rings (SSSR count). The van der Waals surface area contributed by atoms with Gasteiger partial charge in [0.15, 0.2) is 5.65 Å². The number of para-hydroxylation sites is 1. The largest absolute Gasteiger partial charge is 0.337 e. The number of hydrogen-bond acceptors (Lipinski definition) is 5. The molecule has 0 aliphatic carbocycles. The lowest BCUT2D eigenvalue weighted by Gasteiger charge is -1.99. The van der Waals surface area contributed by atoms with Crippen LogP contribution >= 0.6 is 23.2 Å². The average molecular weight is 371 g/mol. The quantitative estimate of drug-likeness (QED) is 0.409. The van der Waals surface area contributed by atoms with Gasteiger partial charge in [0.25, 0.3) is 5.95 Å². The maximum absolute atomic E-state index is 6.10. The summed E-state index contributed by atoms with van der Waals surface area (Å²) in [5.41, 5.74) is 7.01. The minimum Gasteiger partial charge on any atom is -0.337 e. The number of aromatic amines is 1. The van der Waals surface area contributed by atoms with Crippen LogP contribution in [-0.4, -0.2) is 26.4 Å². The maximum Gasteiger partial charge on any atom is 0.265 e. The molecule has 124 valence electrons. The van der Waals surface area contributed by atoms with Gasteiger partial charge in [0.05, 0.1) is 16.8 Å². The van der Waals surface area contributed by atoms with Crippen molar-refractivity contribution in [1.82, 2.24) is 20.2 Å². The maximum atomic E-state index is 6.10. The summed E-state index contributed by atoms with van der Waals surface area (Å²) in [6, 6.07) is 11.2. The van der Waals surface area contributed by atoms with Crippen molar-refractivity contribution in [3.63, 3.8) is 0 Å². The van der Waals surface area contributed by atoms with Crippen molar-refractivity contribution in [2.75, 3.05) is 5.43 Å². The van der Waals surface area contributed by atoms with Crippen molar-refractivity contribution in [3.8, 4) is 0 Å². The van der Waals surface area contributed by atoms with Crippen molar-refractivity contribution in [2.24, 2.45) is 5.10 Å². The average Bonchev–Trinajstić information content (AvgIpc) is 2.96. The first kappa shape index (κ1) is 15.8. The number of nitrogens with zero attached hydrogens (tertiary/aromatic N) is 4. The van der Waals surface area contributed by atoms with E-state index in [9.17, 15) is 0 Å². The van der Waals surface area contributed by atoms with Gasteiger partial charge in [-0.1, -0.05) is 47.5 Å². The molecule has 0 saturated carbocycles. The number of nitrogens with one attached hydrogen (secondary N) is 2. The number of rotatable bonds is 3. The second-order valence-electron chi connectivity index (χ2n) is 5.49. The topological polar surface area (TPSA) is 78.9 Å². The van der Waals surface area contributed by atoms with Gasteiger partial charge in [-0.05, 0) is 24.6 Å². The molecule has 2 heterocycles. The van der Waals surface area contributed by atoms with Crippen LogP contribution in [0.1, 0.15) is 11.1 Å².